The molecule has 1 aromatic rings. The molecule has 0 aliphatic carbocycles. The van der Waals surface area contributed by atoms with Crippen LogP contribution in [0, 0.1) is 0 Å². The largest absolute Gasteiger partial charge is 0.514 e. The summed E-state index contributed by atoms with van der Waals surface area (Å²) in [7, 11) is 1.60. The highest BCUT2D eigenvalue weighted by Gasteiger charge is 2.52. The van der Waals surface area contributed by atoms with Gasteiger partial charge in [0, 0.05) is 7.05 Å². The first-order valence-electron chi connectivity index (χ1n) is 6.53. The summed E-state index contributed by atoms with van der Waals surface area (Å²) in [6, 6.07) is 2.08. The van der Waals surface area contributed by atoms with E-state index in [9.17, 15) is 0 Å². The Balaban J connectivity index is 2.30. The highest BCUT2D eigenvalue weighted by Crippen LogP contribution is 2.36. The third-order valence-electron chi connectivity index (χ3n) is 4.02. The molecule has 0 saturated carbocycles. The Hall–Kier alpha value is -0.805. The molecule has 1 aromatic heterocycles. The van der Waals surface area contributed by atoms with E-state index in [2.05, 4.69) is 52.7 Å². The van der Waals surface area contributed by atoms with Gasteiger partial charge in [-0.1, -0.05) is 13.8 Å². The normalized spacial score (nSPS) is 21.9. The van der Waals surface area contributed by atoms with Crippen LogP contribution in [-0.2, 0) is 16.4 Å². The summed E-state index contributed by atoms with van der Waals surface area (Å²) in [5.41, 5.74) is 1.44. The van der Waals surface area contributed by atoms with Gasteiger partial charge in [-0.2, -0.15) is 5.10 Å². The number of hydrogen-bond donors (Lipinski definition) is 0. The molecule has 0 bridgehead atoms. The summed E-state index contributed by atoms with van der Waals surface area (Å²) in [6.07, 6.45) is 0. The average molecular weight is 250 g/mol. The molecule has 1 fully saturated rings. The molecule has 5 heteroatoms. The third kappa shape index (κ3) is 2.10. The van der Waals surface area contributed by atoms with Crippen molar-refractivity contribution in [2.24, 2.45) is 7.05 Å². The van der Waals surface area contributed by atoms with Crippen LogP contribution in [0.4, 0.5) is 0 Å². The maximum atomic E-state index is 6.04. The standard InChI is InChI=1S/C13H23BN2O2/c1-9(2)10-8-11(16(7)15-10)14-17-12(3,4)13(5,6)18-14/h8-9H,1-7H3. The van der Waals surface area contributed by atoms with Crippen molar-refractivity contribution in [3.63, 3.8) is 0 Å². The molecular formula is C13H23BN2O2. The van der Waals surface area contributed by atoms with Gasteiger partial charge in [-0.25, -0.2) is 0 Å². The fourth-order valence-corrected chi connectivity index (χ4v) is 1.97. The summed E-state index contributed by atoms with van der Waals surface area (Å²) < 4.78 is 13.9. The van der Waals surface area contributed by atoms with Crippen LogP contribution in [0.2, 0.25) is 0 Å². The van der Waals surface area contributed by atoms with E-state index in [-0.39, 0.29) is 18.3 Å². The monoisotopic (exact) mass is 250 g/mol. The lowest BCUT2D eigenvalue weighted by Gasteiger charge is -2.32. The predicted octanol–water partition coefficient (Wildman–Crippen LogP) is 1.84. The fraction of sp³-hybridized carbons (Fsp3) is 0.769. The van der Waals surface area contributed by atoms with Gasteiger partial charge in [-0.05, 0) is 39.7 Å². The second-order valence-corrected chi connectivity index (χ2v) is 6.36. The van der Waals surface area contributed by atoms with E-state index in [1.165, 1.54) is 0 Å². The predicted molar refractivity (Wildman–Crippen MR) is 73.0 cm³/mol. The molecule has 18 heavy (non-hydrogen) atoms. The molecule has 0 amide bonds. The number of aryl methyl sites for hydroxylation is 1. The molecule has 0 spiro atoms. The maximum absolute atomic E-state index is 6.04. The van der Waals surface area contributed by atoms with Crippen molar-refractivity contribution in [3.05, 3.63) is 11.8 Å². The minimum atomic E-state index is -0.333. The summed E-state index contributed by atoms with van der Waals surface area (Å²) >= 11 is 0. The van der Waals surface area contributed by atoms with Crippen LogP contribution in [0.15, 0.2) is 6.07 Å². The van der Waals surface area contributed by atoms with Gasteiger partial charge >= 0.3 is 7.12 Å². The molecule has 1 saturated heterocycles. The van der Waals surface area contributed by atoms with Crippen molar-refractivity contribution in [3.8, 4) is 0 Å². The second-order valence-electron chi connectivity index (χ2n) is 6.36. The first-order chi connectivity index (χ1) is 8.14. The molecule has 0 N–H and O–H groups in total. The van der Waals surface area contributed by atoms with Crippen molar-refractivity contribution in [2.45, 2.75) is 58.7 Å². The lowest BCUT2D eigenvalue weighted by atomic mass is 9.84. The zero-order chi connectivity index (χ0) is 13.7. The van der Waals surface area contributed by atoms with Gasteiger partial charge < -0.3 is 9.31 Å². The Bertz CT molecular complexity index is 436. The van der Waals surface area contributed by atoms with Crippen LogP contribution in [0.25, 0.3) is 0 Å². The molecule has 1 aliphatic rings. The van der Waals surface area contributed by atoms with E-state index < -0.39 is 0 Å². The Morgan fingerprint density at radius 1 is 1.17 bits per heavy atom. The van der Waals surface area contributed by atoms with Crippen molar-refractivity contribution >= 4 is 12.7 Å². The van der Waals surface area contributed by atoms with E-state index in [0.29, 0.717) is 5.92 Å². The summed E-state index contributed by atoms with van der Waals surface area (Å²) in [5, 5.41) is 4.51. The van der Waals surface area contributed by atoms with Crippen LogP contribution in [-0.4, -0.2) is 28.1 Å². The minimum Gasteiger partial charge on any atom is -0.398 e. The van der Waals surface area contributed by atoms with Gasteiger partial charge in [0.25, 0.3) is 0 Å². The Kier molecular flexibility index (Phi) is 3.10. The van der Waals surface area contributed by atoms with Crippen molar-refractivity contribution in [1.82, 2.24) is 9.78 Å². The SMILES string of the molecule is CC(C)c1cc(B2OC(C)(C)C(C)(C)O2)n(C)n1. The molecule has 2 heterocycles. The van der Waals surface area contributed by atoms with Crippen molar-refractivity contribution in [1.29, 1.82) is 0 Å². The van der Waals surface area contributed by atoms with E-state index in [1.54, 1.807) is 0 Å². The first kappa shape index (κ1) is 13.6. The van der Waals surface area contributed by atoms with Gasteiger partial charge in [-0.15, -0.1) is 0 Å². The average Bonchev–Trinajstić information content (AvgIpc) is 2.66. The molecule has 1 aliphatic heterocycles. The third-order valence-corrected chi connectivity index (χ3v) is 4.02. The van der Waals surface area contributed by atoms with Crippen molar-refractivity contribution < 1.29 is 9.31 Å². The Labute approximate surface area is 110 Å². The lowest BCUT2D eigenvalue weighted by molar-refractivity contribution is 0.00578. The first-order valence-corrected chi connectivity index (χ1v) is 6.53. The summed E-state index contributed by atoms with van der Waals surface area (Å²) in [6.45, 7) is 12.5. The molecule has 100 valence electrons. The van der Waals surface area contributed by atoms with Gasteiger partial charge in [0.05, 0.1) is 22.5 Å². The van der Waals surface area contributed by atoms with E-state index in [4.69, 9.17) is 9.31 Å². The topological polar surface area (TPSA) is 36.3 Å². The molecule has 0 radical (unpaired) electrons. The van der Waals surface area contributed by atoms with Gasteiger partial charge in [0.15, 0.2) is 0 Å². The number of nitrogens with zero attached hydrogens (tertiary/aromatic N) is 2. The van der Waals surface area contributed by atoms with Gasteiger partial charge in [-0.3, -0.25) is 4.68 Å². The Morgan fingerprint density at radius 3 is 2.06 bits per heavy atom. The van der Waals surface area contributed by atoms with E-state index >= 15 is 0 Å². The minimum absolute atomic E-state index is 0.306. The summed E-state index contributed by atoms with van der Waals surface area (Å²) in [5.74, 6) is 0.410. The van der Waals surface area contributed by atoms with Crippen LogP contribution in [0.1, 0.15) is 53.2 Å². The zero-order valence-corrected chi connectivity index (χ0v) is 12.4. The van der Waals surface area contributed by atoms with Gasteiger partial charge in [0.2, 0.25) is 0 Å². The van der Waals surface area contributed by atoms with Gasteiger partial charge in [0.1, 0.15) is 0 Å². The van der Waals surface area contributed by atoms with Crippen LogP contribution in [0.5, 0.6) is 0 Å². The zero-order valence-electron chi connectivity index (χ0n) is 12.4. The number of hydrogen-bond acceptors (Lipinski definition) is 3. The van der Waals surface area contributed by atoms with Crippen molar-refractivity contribution in [2.75, 3.05) is 0 Å². The molecule has 2 rings (SSSR count). The van der Waals surface area contributed by atoms with E-state index in [1.807, 2.05) is 11.7 Å². The smallest absolute Gasteiger partial charge is 0.398 e. The molecular weight excluding hydrogens is 227 g/mol. The highest BCUT2D eigenvalue weighted by atomic mass is 16.7. The Morgan fingerprint density at radius 2 is 1.67 bits per heavy atom. The van der Waals surface area contributed by atoms with Crippen LogP contribution >= 0.6 is 0 Å². The lowest BCUT2D eigenvalue weighted by Crippen LogP contribution is -2.41. The fourth-order valence-electron chi connectivity index (χ4n) is 1.97. The second kappa shape index (κ2) is 4.10. The number of aromatic nitrogens is 2. The summed E-state index contributed by atoms with van der Waals surface area (Å²) in [4.78, 5) is 0. The molecule has 4 nitrogen and oxygen atoms in total. The maximum Gasteiger partial charge on any atom is 0.514 e. The van der Waals surface area contributed by atoms with Crippen LogP contribution in [0.3, 0.4) is 0 Å². The number of rotatable bonds is 2. The van der Waals surface area contributed by atoms with E-state index in [0.717, 1.165) is 11.3 Å². The highest BCUT2D eigenvalue weighted by molar-refractivity contribution is 6.61. The molecule has 0 aromatic carbocycles. The molecule has 0 unspecified atom stereocenters. The van der Waals surface area contributed by atoms with Crippen LogP contribution < -0.4 is 5.59 Å². The quantitative estimate of drug-likeness (QED) is 0.751. The molecule has 0 atom stereocenters.